The SMILES string of the molecule is CCC(=O)Nc1cc(Cl)ccc1C(=O)N(C)CCN(C)C1CCCC1. The molecule has 2 amide bonds. The minimum absolute atomic E-state index is 0.108. The number of benzene rings is 1. The van der Waals surface area contributed by atoms with E-state index in [2.05, 4.69) is 17.3 Å². The fourth-order valence-electron chi connectivity index (χ4n) is 3.19. The molecule has 0 aromatic heterocycles. The highest BCUT2D eigenvalue weighted by Crippen LogP contribution is 2.24. The van der Waals surface area contributed by atoms with Crippen molar-refractivity contribution in [2.45, 2.75) is 45.1 Å². The van der Waals surface area contributed by atoms with E-state index in [1.54, 1.807) is 37.1 Å². The fraction of sp³-hybridized carbons (Fsp3) is 0.579. The van der Waals surface area contributed by atoms with E-state index in [0.29, 0.717) is 35.3 Å². The molecular weight excluding hydrogens is 338 g/mol. The summed E-state index contributed by atoms with van der Waals surface area (Å²) in [5, 5.41) is 3.26. The van der Waals surface area contributed by atoms with Gasteiger partial charge in [-0.2, -0.15) is 0 Å². The number of hydrogen-bond acceptors (Lipinski definition) is 3. The molecule has 0 aliphatic heterocycles. The lowest BCUT2D eigenvalue weighted by Crippen LogP contribution is -2.38. The van der Waals surface area contributed by atoms with E-state index in [1.807, 2.05) is 0 Å². The normalized spacial score (nSPS) is 14.8. The van der Waals surface area contributed by atoms with Crippen LogP contribution in [0.3, 0.4) is 0 Å². The van der Waals surface area contributed by atoms with Crippen molar-refractivity contribution >= 4 is 29.1 Å². The zero-order chi connectivity index (χ0) is 18.4. The third-order valence-corrected chi connectivity index (χ3v) is 5.13. The Morgan fingerprint density at radius 3 is 2.52 bits per heavy atom. The molecule has 1 fully saturated rings. The maximum Gasteiger partial charge on any atom is 0.255 e. The van der Waals surface area contributed by atoms with Crippen molar-refractivity contribution in [2.75, 3.05) is 32.5 Å². The van der Waals surface area contributed by atoms with Crippen LogP contribution in [0.5, 0.6) is 0 Å². The van der Waals surface area contributed by atoms with E-state index >= 15 is 0 Å². The lowest BCUT2D eigenvalue weighted by molar-refractivity contribution is -0.115. The maximum absolute atomic E-state index is 12.8. The smallest absolute Gasteiger partial charge is 0.255 e. The highest BCUT2D eigenvalue weighted by atomic mass is 35.5. The Morgan fingerprint density at radius 1 is 1.20 bits per heavy atom. The number of hydrogen-bond donors (Lipinski definition) is 1. The topological polar surface area (TPSA) is 52.7 Å². The van der Waals surface area contributed by atoms with Gasteiger partial charge in [0.05, 0.1) is 11.3 Å². The number of carbonyl (C=O) groups is 2. The van der Waals surface area contributed by atoms with E-state index in [1.165, 1.54) is 25.7 Å². The van der Waals surface area contributed by atoms with Crippen LogP contribution in [0.25, 0.3) is 0 Å². The number of amides is 2. The van der Waals surface area contributed by atoms with Crippen molar-refractivity contribution in [3.05, 3.63) is 28.8 Å². The third kappa shape index (κ3) is 5.44. The number of rotatable bonds is 7. The van der Waals surface area contributed by atoms with Crippen molar-refractivity contribution in [1.82, 2.24) is 9.80 Å². The fourth-order valence-corrected chi connectivity index (χ4v) is 3.36. The highest BCUT2D eigenvalue weighted by molar-refractivity contribution is 6.31. The van der Waals surface area contributed by atoms with Gasteiger partial charge in [-0.1, -0.05) is 31.4 Å². The number of carbonyl (C=O) groups excluding carboxylic acids is 2. The van der Waals surface area contributed by atoms with Crippen LogP contribution >= 0.6 is 11.6 Å². The molecule has 0 saturated heterocycles. The second kappa shape index (κ2) is 9.20. The van der Waals surface area contributed by atoms with Crippen LogP contribution in [0.15, 0.2) is 18.2 Å². The Labute approximate surface area is 155 Å². The highest BCUT2D eigenvalue weighted by Gasteiger charge is 2.21. The summed E-state index contributed by atoms with van der Waals surface area (Å²) in [6.07, 6.45) is 5.45. The summed E-state index contributed by atoms with van der Waals surface area (Å²) >= 11 is 6.02. The Morgan fingerprint density at radius 2 is 1.88 bits per heavy atom. The molecule has 1 N–H and O–H groups in total. The summed E-state index contributed by atoms with van der Waals surface area (Å²) in [5.41, 5.74) is 0.942. The van der Waals surface area contributed by atoms with Crippen molar-refractivity contribution in [3.8, 4) is 0 Å². The molecule has 25 heavy (non-hydrogen) atoms. The monoisotopic (exact) mass is 365 g/mol. The average molecular weight is 366 g/mol. The molecule has 1 aliphatic carbocycles. The molecule has 1 aliphatic rings. The zero-order valence-electron chi connectivity index (χ0n) is 15.3. The van der Waals surface area contributed by atoms with Gasteiger partial charge in [0.25, 0.3) is 5.91 Å². The van der Waals surface area contributed by atoms with Crippen LogP contribution < -0.4 is 5.32 Å². The summed E-state index contributed by atoms with van der Waals surface area (Å²) in [7, 11) is 3.92. The van der Waals surface area contributed by atoms with Crippen LogP contribution in [-0.2, 0) is 4.79 Å². The molecular formula is C19H28ClN3O2. The molecule has 0 bridgehead atoms. The van der Waals surface area contributed by atoms with E-state index < -0.39 is 0 Å². The van der Waals surface area contributed by atoms with Crippen molar-refractivity contribution in [2.24, 2.45) is 0 Å². The van der Waals surface area contributed by atoms with Crippen molar-refractivity contribution < 1.29 is 9.59 Å². The van der Waals surface area contributed by atoms with Crippen LogP contribution in [0.2, 0.25) is 5.02 Å². The van der Waals surface area contributed by atoms with Gasteiger partial charge in [-0.3, -0.25) is 9.59 Å². The molecule has 1 aromatic carbocycles. The van der Waals surface area contributed by atoms with E-state index in [0.717, 1.165) is 6.54 Å². The first-order valence-corrected chi connectivity index (χ1v) is 9.35. The predicted molar refractivity (Wildman–Crippen MR) is 102 cm³/mol. The van der Waals surface area contributed by atoms with E-state index in [9.17, 15) is 9.59 Å². The number of halogens is 1. The lowest BCUT2D eigenvalue weighted by Gasteiger charge is -2.27. The summed E-state index contributed by atoms with van der Waals surface area (Å²) in [5.74, 6) is -0.247. The van der Waals surface area contributed by atoms with Crippen LogP contribution in [0, 0.1) is 0 Å². The van der Waals surface area contributed by atoms with Crippen molar-refractivity contribution in [3.63, 3.8) is 0 Å². The first-order chi connectivity index (χ1) is 11.9. The van der Waals surface area contributed by atoms with Gasteiger partial charge in [0.2, 0.25) is 5.91 Å². The second-order valence-corrected chi connectivity index (χ2v) is 7.17. The maximum atomic E-state index is 12.8. The van der Waals surface area contributed by atoms with E-state index in [4.69, 9.17) is 11.6 Å². The Kier molecular flexibility index (Phi) is 7.26. The van der Waals surface area contributed by atoms with Gasteiger partial charge in [0.15, 0.2) is 0 Å². The molecule has 5 nitrogen and oxygen atoms in total. The van der Waals surface area contributed by atoms with Gasteiger partial charge in [-0.15, -0.1) is 0 Å². The van der Waals surface area contributed by atoms with Gasteiger partial charge in [-0.05, 0) is 38.1 Å². The molecule has 6 heteroatoms. The quantitative estimate of drug-likeness (QED) is 0.802. The molecule has 0 radical (unpaired) electrons. The molecule has 0 spiro atoms. The summed E-state index contributed by atoms with van der Waals surface area (Å²) in [6, 6.07) is 5.61. The first kappa shape index (κ1) is 19.7. The van der Waals surface area contributed by atoms with Gasteiger partial charge in [0.1, 0.15) is 0 Å². The average Bonchev–Trinajstić information content (AvgIpc) is 3.13. The van der Waals surface area contributed by atoms with Crippen LogP contribution in [-0.4, -0.2) is 54.8 Å². The van der Waals surface area contributed by atoms with Gasteiger partial charge < -0.3 is 15.1 Å². The first-order valence-electron chi connectivity index (χ1n) is 8.97. The summed E-state index contributed by atoms with van der Waals surface area (Å²) in [4.78, 5) is 28.6. The predicted octanol–water partition coefficient (Wildman–Crippen LogP) is 3.63. The second-order valence-electron chi connectivity index (χ2n) is 6.74. The Balaban J connectivity index is 2.01. The summed E-state index contributed by atoms with van der Waals surface area (Å²) < 4.78 is 0. The molecule has 2 rings (SSSR count). The van der Waals surface area contributed by atoms with E-state index in [-0.39, 0.29) is 11.8 Å². The molecule has 138 valence electrons. The number of nitrogens with one attached hydrogen (secondary N) is 1. The van der Waals surface area contributed by atoms with Gasteiger partial charge in [0, 0.05) is 37.6 Å². The zero-order valence-corrected chi connectivity index (χ0v) is 16.1. The summed E-state index contributed by atoms with van der Waals surface area (Å²) in [6.45, 7) is 3.26. The number of nitrogens with zero attached hydrogens (tertiary/aromatic N) is 2. The Bertz CT molecular complexity index is 615. The van der Waals surface area contributed by atoms with Crippen LogP contribution in [0.4, 0.5) is 5.69 Å². The number of likely N-dealkylation sites (N-methyl/N-ethyl adjacent to an activating group) is 2. The molecule has 0 atom stereocenters. The molecule has 0 unspecified atom stereocenters. The molecule has 1 saturated carbocycles. The van der Waals surface area contributed by atoms with Crippen LogP contribution in [0.1, 0.15) is 49.4 Å². The standard InChI is InChI=1S/C19H28ClN3O2/c1-4-18(24)21-17-13-14(20)9-10-16(17)19(25)23(3)12-11-22(2)15-7-5-6-8-15/h9-10,13,15H,4-8,11-12H2,1-3H3,(H,21,24). The lowest BCUT2D eigenvalue weighted by atomic mass is 10.1. The minimum Gasteiger partial charge on any atom is -0.340 e. The largest absolute Gasteiger partial charge is 0.340 e. The third-order valence-electron chi connectivity index (χ3n) is 4.89. The van der Waals surface area contributed by atoms with Crippen molar-refractivity contribution in [1.29, 1.82) is 0 Å². The van der Waals surface area contributed by atoms with Gasteiger partial charge >= 0.3 is 0 Å². The molecule has 1 aromatic rings. The minimum atomic E-state index is -0.139. The number of anilines is 1. The molecule has 0 heterocycles. The Hall–Kier alpha value is -1.59. The van der Waals surface area contributed by atoms with Gasteiger partial charge in [-0.25, -0.2) is 0 Å².